The maximum absolute atomic E-state index is 4.93. The number of rotatable bonds is 1. The van der Waals surface area contributed by atoms with Crippen LogP contribution in [0.2, 0.25) is 0 Å². The summed E-state index contributed by atoms with van der Waals surface area (Å²) in [5, 5.41) is 5.21. The number of hydrogen-bond acceptors (Lipinski definition) is 2. The Kier molecular flexibility index (Phi) is 2.65. The molecule has 1 nitrogen and oxygen atoms in total. The minimum atomic E-state index is 0.358. The molecule has 1 atom stereocenters. The van der Waals surface area contributed by atoms with Gasteiger partial charge in [-0.25, -0.2) is 0 Å². The van der Waals surface area contributed by atoms with Gasteiger partial charge in [0.25, 0.3) is 0 Å². The first-order chi connectivity index (χ1) is 6.29. The zero-order valence-corrected chi connectivity index (χ0v) is 9.49. The number of hydrogen-bond donors (Lipinski definition) is 1. The molecule has 68 valence electrons. The Morgan fingerprint density at radius 2 is 2.38 bits per heavy atom. The van der Waals surface area contributed by atoms with Gasteiger partial charge in [-0.15, -0.1) is 0 Å². The van der Waals surface area contributed by atoms with Crippen LogP contribution in [0.15, 0.2) is 22.7 Å². The summed E-state index contributed by atoms with van der Waals surface area (Å²) in [6.07, 6.45) is 2.23. The molecule has 13 heavy (non-hydrogen) atoms. The van der Waals surface area contributed by atoms with E-state index in [9.17, 15) is 0 Å². The highest BCUT2D eigenvalue weighted by atomic mass is 79.9. The smallest absolute Gasteiger partial charge is 0.0550 e. The summed E-state index contributed by atoms with van der Waals surface area (Å²) in [5.41, 5.74) is 2.60. The quantitative estimate of drug-likeness (QED) is 0.774. The van der Waals surface area contributed by atoms with Crippen LogP contribution in [0.4, 0.5) is 5.69 Å². The minimum absolute atomic E-state index is 0.358. The average Bonchev–Trinajstić information content (AvgIpc) is 2.16. The van der Waals surface area contributed by atoms with Crippen molar-refractivity contribution in [2.75, 3.05) is 5.32 Å². The molecule has 0 aromatic heterocycles. The van der Waals surface area contributed by atoms with Gasteiger partial charge in [-0.3, -0.25) is 0 Å². The fourth-order valence-electron chi connectivity index (χ4n) is 1.59. The summed E-state index contributed by atoms with van der Waals surface area (Å²) >= 11 is 8.39. The summed E-state index contributed by atoms with van der Waals surface area (Å²) in [4.78, 5) is 0. The SMILES string of the molecule is S=CC1CCc2ccc(Br)cc2N1. The number of thiocarbonyl (C=S) groups is 1. The first-order valence-electron chi connectivity index (χ1n) is 4.30. The van der Waals surface area contributed by atoms with E-state index in [1.54, 1.807) is 0 Å². The van der Waals surface area contributed by atoms with Crippen LogP contribution in [0.5, 0.6) is 0 Å². The van der Waals surface area contributed by atoms with Crippen molar-refractivity contribution in [2.24, 2.45) is 0 Å². The number of benzene rings is 1. The van der Waals surface area contributed by atoms with E-state index in [1.807, 2.05) is 5.37 Å². The molecule has 0 saturated carbocycles. The molecular weight excluding hydrogens is 246 g/mol. The molecular formula is C10H10BrNS. The number of aryl methyl sites for hydroxylation is 1. The zero-order valence-electron chi connectivity index (χ0n) is 7.09. The van der Waals surface area contributed by atoms with Crippen LogP contribution >= 0.6 is 28.1 Å². The fraction of sp³-hybridized carbons (Fsp3) is 0.300. The van der Waals surface area contributed by atoms with Gasteiger partial charge < -0.3 is 5.32 Å². The van der Waals surface area contributed by atoms with Crippen molar-refractivity contribution >= 4 is 39.2 Å². The highest BCUT2D eigenvalue weighted by molar-refractivity contribution is 9.10. The number of fused-ring (bicyclic) bond motifs is 1. The standard InChI is InChI=1S/C10H10BrNS/c11-8-3-1-7-2-4-9(6-13)12-10(7)5-8/h1,3,5-6,9,12H,2,4H2. The fourth-order valence-corrected chi connectivity index (χ4v) is 2.15. The van der Waals surface area contributed by atoms with Crippen LogP contribution in [0.3, 0.4) is 0 Å². The molecule has 0 amide bonds. The largest absolute Gasteiger partial charge is 0.378 e. The van der Waals surface area contributed by atoms with E-state index in [4.69, 9.17) is 12.2 Å². The van der Waals surface area contributed by atoms with Gasteiger partial charge in [-0.05, 0) is 30.5 Å². The van der Waals surface area contributed by atoms with E-state index < -0.39 is 0 Å². The lowest BCUT2D eigenvalue weighted by molar-refractivity contribution is 0.771. The van der Waals surface area contributed by atoms with Crippen molar-refractivity contribution in [2.45, 2.75) is 18.9 Å². The summed E-state index contributed by atoms with van der Waals surface area (Å²) in [6.45, 7) is 0. The summed E-state index contributed by atoms with van der Waals surface area (Å²) in [5.74, 6) is 0. The van der Waals surface area contributed by atoms with Crippen molar-refractivity contribution in [3.05, 3.63) is 28.2 Å². The first kappa shape index (κ1) is 9.16. The second kappa shape index (κ2) is 3.76. The third kappa shape index (κ3) is 1.92. The van der Waals surface area contributed by atoms with Gasteiger partial charge in [0, 0.05) is 15.5 Å². The minimum Gasteiger partial charge on any atom is -0.378 e. The van der Waals surface area contributed by atoms with E-state index in [0.717, 1.165) is 17.3 Å². The summed E-state index contributed by atoms with van der Waals surface area (Å²) in [7, 11) is 0. The molecule has 0 aliphatic carbocycles. The van der Waals surface area contributed by atoms with E-state index in [1.165, 1.54) is 11.3 Å². The Morgan fingerprint density at radius 1 is 1.54 bits per heavy atom. The van der Waals surface area contributed by atoms with Gasteiger partial charge in [0.2, 0.25) is 0 Å². The highest BCUT2D eigenvalue weighted by Crippen LogP contribution is 2.27. The van der Waals surface area contributed by atoms with Gasteiger partial charge in [-0.2, -0.15) is 0 Å². The molecule has 1 N–H and O–H groups in total. The van der Waals surface area contributed by atoms with Crippen LogP contribution in [0.1, 0.15) is 12.0 Å². The van der Waals surface area contributed by atoms with Gasteiger partial charge in [0.05, 0.1) is 6.04 Å². The van der Waals surface area contributed by atoms with Crippen LogP contribution in [-0.4, -0.2) is 11.4 Å². The van der Waals surface area contributed by atoms with Crippen molar-refractivity contribution in [1.29, 1.82) is 0 Å². The topological polar surface area (TPSA) is 12.0 Å². The van der Waals surface area contributed by atoms with Crippen molar-refractivity contribution in [3.63, 3.8) is 0 Å². The summed E-state index contributed by atoms with van der Waals surface area (Å²) in [6, 6.07) is 6.71. The molecule has 1 aliphatic heterocycles. The van der Waals surface area contributed by atoms with E-state index in [0.29, 0.717) is 6.04 Å². The molecule has 3 heteroatoms. The molecule has 1 heterocycles. The predicted octanol–water partition coefficient (Wildman–Crippen LogP) is 3.18. The Balaban J connectivity index is 2.32. The Bertz CT molecular complexity index is 338. The molecule has 0 spiro atoms. The monoisotopic (exact) mass is 255 g/mol. The third-order valence-corrected chi connectivity index (χ3v) is 3.12. The molecule has 0 bridgehead atoms. The first-order valence-corrected chi connectivity index (χ1v) is 5.56. The Labute approximate surface area is 91.7 Å². The average molecular weight is 256 g/mol. The van der Waals surface area contributed by atoms with Crippen LogP contribution in [0.25, 0.3) is 0 Å². The van der Waals surface area contributed by atoms with E-state index >= 15 is 0 Å². The van der Waals surface area contributed by atoms with Crippen molar-refractivity contribution < 1.29 is 0 Å². The van der Waals surface area contributed by atoms with Gasteiger partial charge in [-0.1, -0.05) is 34.2 Å². The molecule has 2 rings (SSSR count). The number of anilines is 1. The van der Waals surface area contributed by atoms with E-state index in [2.05, 4.69) is 39.4 Å². The van der Waals surface area contributed by atoms with Gasteiger partial charge in [0.15, 0.2) is 0 Å². The Morgan fingerprint density at radius 3 is 3.15 bits per heavy atom. The predicted molar refractivity (Wildman–Crippen MR) is 63.5 cm³/mol. The lowest BCUT2D eigenvalue weighted by atomic mass is 9.99. The van der Waals surface area contributed by atoms with Gasteiger partial charge >= 0.3 is 0 Å². The second-order valence-corrected chi connectivity index (χ2v) is 4.41. The van der Waals surface area contributed by atoms with Crippen LogP contribution < -0.4 is 5.32 Å². The molecule has 1 aliphatic rings. The summed E-state index contributed by atoms with van der Waals surface area (Å²) < 4.78 is 1.11. The maximum atomic E-state index is 4.93. The van der Waals surface area contributed by atoms with Crippen molar-refractivity contribution in [1.82, 2.24) is 0 Å². The molecule has 0 radical (unpaired) electrons. The molecule has 0 saturated heterocycles. The zero-order chi connectivity index (χ0) is 9.26. The second-order valence-electron chi connectivity index (χ2n) is 3.23. The van der Waals surface area contributed by atoms with Gasteiger partial charge in [0.1, 0.15) is 0 Å². The third-order valence-electron chi connectivity index (χ3n) is 2.30. The molecule has 1 unspecified atom stereocenters. The van der Waals surface area contributed by atoms with E-state index in [-0.39, 0.29) is 0 Å². The Hall–Kier alpha value is -0.410. The lowest BCUT2D eigenvalue weighted by Gasteiger charge is -2.24. The normalized spacial score (nSPS) is 20.2. The maximum Gasteiger partial charge on any atom is 0.0550 e. The molecule has 0 fully saturated rings. The van der Waals surface area contributed by atoms with Crippen LogP contribution in [0, 0.1) is 0 Å². The lowest BCUT2D eigenvalue weighted by Crippen LogP contribution is -2.25. The van der Waals surface area contributed by atoms with Crippen LogP contribution in [-0.2, 0) is 6.42 Å². The molecule has 1 aromatic rings. The van der Waals surface area contributed by atoms with Crippen molar-refractivity contribution in [3.8, 4) is 0 Å². The number of nitrogens with one attached hydrogen (secondary N) is 1. The number of halogens is 1. The highest BCUT2D eigenvalue weighted by Gasteiger charge is 2.14. The molecule has 1 aromatic carbocycles.